The van der Waals surface area contributed by atoms with Crippen LogP contribution in [0.15, 0.2) is 49.3 Å². The van der Waals surface area contributed by atoms with Gasteiger partial charge in [0.1, 0.15) is 0 Å². The Bertz CT molecular complexity index is 1350. The summed E-state index contributed by atoms with van der Waals surface area (Å²) in [4.78, 5) is 0. The number of hydrogen-bond acceptors (Lipinski definition) is 1. The first-order chi connectivity index (χ1) is 20.2. The first-order valence-electron chi connectivity index (χ1n) is 17.1. The fourth-order valence-electron chi connectivity index (χ4n) is 6.00. The summed E-state index contributed by atoms with van der Waals surface area (Å²) in [5, 5.41) is 1.44. The molecule has 2 rings (SSSR count). The molecule has 2 aromatic rings. The van der Waals surface area contributed by atoms with E-state index in [1.165, 1.54) is 51.3 Å². The zero-order valence-electron chi connectivity index (χ0n) is 32.5. The van der Waals surface area contributed by atoms with Gasteiger partial charge in [0.25, 0.3) is 0 Å². The van der Waals surface area contributed by atoms with Crippen molar-refractivity contribution in [3.63, 3.8) is 0 Å². The first-order valence-corrected chi connectivity index (χ1v) is 22.2. The van der Waals surface area contributed by atoms with Gasteiger partial charge in [0, 0.05) is 0 Å². The second-order valence-electron chi connectivity index (χ2n) is 18.2. The van der Waals surface area contributed by atoms with Crippen molar-refractivity contribution in [2.24, 2.45) is 0 Å². The van der Waals surface area contributed by atoms with Gasteiger partial charge < -0.3 is 0 Å². The maximum atomic E-state index is 7.38. The molecule has 0 heterocycles. The van der Waals surface area contributed by atoms with Crippen LogP contribution in [0.25, 0.3) is 0 Å². The van der Waals surface area contributed by atoms with E-state index in [2.05, 4.69) is 167 Å². The van der Waals surface area contributed by atoms with Gasteiger partial charge in [0.05, 0.1) is 0 Å². The molecule has 0 saturated heterocycles. The summed E-state index contributed by atoms with van der Waals surface area (Å²) >= 11 is -3.70. The molecule has 0 bridgehead atoms. The van der Waals surface area contributed by atoms with Crippen LogP contribution in [0.3, 0.4) is 0 Å². The molecule has 45 heavy (non-hydrogen) atoms. The van der Waals surface area contributed by atoms with Crippen LogP contribution in [0.4, 0.5) is 0 Å². The van der Waals surface area contributed by atoms with Crippen molar-refractivity contribution in [1.82, 2.24) is 0 Å². The van der Waals surface area contributed by atoms with Gasteiger partial charge in [0.15, 0.2) is 0 Å². The summed E-state index contributed by atoms with van der Waals surface area (Å²) in [5.41, 5.74) is 8.63. The standard InChI is InChI=1S/C42H67GeOP/c1-21-30(8)44-43(42(18,19)20,37-33(28(4)5)22-31(27(2)3)23-34(37)29(6)7)26-45-38-35(40(12,13)14)24-32(39(9,10)11)25-36(38)41(15,16)17/h21-29H,1,8H2,2-7,9-20H3. The third-order valence-corrected chi connectivity index (χ3v) is 22.1. The van der Waals surface area contributed by atoms with Gasteiger partial charge in [-0.3, -0.25) is 0 Å². The molecule has 0 fully saturated rings. The summed E-state index contributed by atoms with van der Waals surface area (Å²) in [5.74, 6) is 1.89. The Hall–Kier alpha value is -1.57. The number of allylic oxidation sites excluding steroid dienone is 1. The number of hydrogen-bond donors (Lipinski definition) is 0. The van der Waals surface area contributed by atoms with Crippen molar-refractivity contribution in [3.05, 3.63) is 82.6 Å². The summed E-state index contributed by atoms with van der Waals surface area (Å²) in [6.07, 6.45) is 1.81. The van der Waals surface area contributed by atoms with Crippen LogP contribution >= 0.6 is 8.20 Å². The molecule has 0 saturated carbocycles. The number of benzene rings is 2. The Balaban J connectivity index is 3.31. The molecule has 0 amide bonds. The Kier molecular flexibility index (Phi) is 12.2. The third kappa shape index (κ3) is 8.87. The normalized spacial score (nSPS) is 14.9. The van der Waals surface area contributed by atoms with Crippen LogP contribution in [0.5, 0.6) is 0 Å². The molecule has 1 nitrogen and oxygen atoms in total. The van der Waals surface area contributed by atoms with Crippen molar-refractivity contribution in [2.75, 3.05) is 0 Å². The van der Waals surface area contributed by atoms with Crippen molar-refractivity contribution >= 4 is 36.1 Å². The van der Waals surface area contributed by atoms with Crippen LogP contribution in [0, 0.1) is 0 Å². The molecular formula is C42H67GeOP. The molecule has 3 heteroatoms. The van der Waals surface area contributed by atoms with Gasteiger partial charge >= 0.3 is 285 Å². The van der Waals surface area contributed by atoms with E-state index in [9.17, 15) is 0 Å². The second kappa shape index (κ2) is 13.9. The average Bonchev–Trinajstić information content (AvgIpc) is 2.87. The first kappa shape index (κ1) is 39.6. The Morgan fingerprint density at radius 2 is 1.11 bits per heavy atom. The van der Waals surface area contributed by atoms with Crippen molar-refractivity contribution in [3.8, 4) is 0 Å². The fourth-order valence-corrected chi connectivity index (χ4v) is 20.3. The van der Waals surface area contributed by atoms with Gasteiger partial charge in [-0.15, -0.1) is 0 Å². The van der Waals surface area contributed by atoms with Gasteiger partial charge in [-0.1, -0.05) is 0 Å². The Morgan fingerprint density at radius 3 is 1.40 bits per heavy atom. The molecule has 0 radical (unpaired) electrons. The summed E-state index contributed by atoms with van der Waals surface area (Å²) < 4.78 is 11.4. The van der Waals surface area contributed by atoms with Crippen LogP contribution in [-0.2, 0) is 20.0 Å². The molecule has 0 aromatic heterocycles. The predicted molar refractivity (Wildman–Crippen MR) is 209 cm³/mol. The van der Waals surface area contributed by atoms with E-state index in [1.807, 2.05) is 6.08 Å². The van der Waals surface area contributed by atoms with E-state index >= 15 is 0 Å². The third-order valence-electron chi connectivity index (χ3n) is 9.11. The Morgan fingerprint density at radius 1 is 0.689 bits per heavy atom. The van der Waals surface area contributed by atoms with Gasteiger partial charge in [-0.25, -0.2) is 0 Å². The van der Waals surface area contributed by atoms with Crippen molar-refractivity contribution in [1.29, 1.82) is 0 Å². The molecule has 1 atom stereocenters. The van der Waals surface area contributed by atoms with Crippen LogP contribution in [-0.4, -0.2) is 18.2 Å². The van der Waals surface area contributed by atoms with E-state index in [1.54, 1.807) is 0 Å². The zero-order valence-corrected chi connectivity index (χ0v) is 35.5. The average molecular weight is 692 g/mol. The van der Waals surface area contributed by atoms with Crippen LogP contribution in [0.2, 0.25) is 4.25 Å². The summed E-state index contributed by atoms with van der Waals surface area (Å²) in [6, 6.07) is 9.98. The molecule has 2 aromatic carbocycles. The summed E-state index contributed by atoms with van der Waals surface area (Å²) in [7, 11) is 1.22. The Labute approximate surface area is 284 Å². The maximum absolute atomic E-state index is 7.38. The fraction of sp³-hybridized carbons (Fsp3) is 0.595. The minimum absolute atomic E-state index is 0.00844. The number of rotatable bonds is 9. The van der Waals surface area contributed by atoms with Crippen LogP contribution < -0.4 is 9.70 Å². The van der Waals surface area contributed by atoms with E-state index in [0.29, 0.717) is 23.5 Å². The monoisotopic (exact) mass is 692 g/mol. The van der Waals surface area contributed by atoms with E-state index in [4.69, 9.17) is 3.76 Å². The summed E-state index contributed by atoms with van der Waals surface area (Å²) in [6.45, 7) is 50.9. The van der Waals surface area contributed by atoms with Crippen molar-refractivity contribution in [2.45, 2.75) is 163 Å². The van der Waals surface area contributed by atoms with Gasteiger partial charge in [-0.2, -0.15) is 0 Å². The van der Waals surface area contributed by atoms with Gasteiger partial charge in [-0.05, 0) is 0 Å². The van der Waals surface area contributed by atoms with E-state index in [-0.39, 0.29) is 20.5 Å². The molecular weight excluding hydrogens is 624 g/mol. The quantitative estimate of drug-likeness (QED) is 0.110. The molecule has 0 spiro atoms. The molecule has 0 N–H and O–H groups in total. The second-order valence-corrected chi connectivity index (χ2v) is 28.5. The molecule has 0 aliphatic carbocycles. The van der Waals surface area contributed by atoms with Gasteiger partial charge in [0.2, 0.25) is 0 Å². The van der Waals surface area contributed by atoms with Crippen LogP contribution in [0.1, 0.15) is 176 Å². The molecule has 0 aliphatic heterocycles. The van der Waals surface area contributed by atoms with E-state index < -0.39 is 13.6 Å². The molecule has 0 aliphatic rings. The topological polar surface area (TPSA) is 9.23 Å². The predicted octanol–water partition coefficient (Wildman–Crippen LogP) is 12.2. The molecule has 250 valence electrons. The zero-order chi connectivity index (χ0) is 35.1. The van der Waals surface area contributed by atoms with Crippen molar-refractivity contribution < 1.29 is 3.76 Å². The minimum atomic E-state index is -3.70. The van der Waals surface area contributed by atoms with E-state index in [0.717, 1.165) is 0 Å². The SMILES string of the molecule is C=CC(=C)[O][Ge]([CH]=Pc1c(C(C)(C)C)cc(C(C)(C)C)cc1C(C)(C)C)([c]1c(C(C)C)cc(C(C)C)cc1C(C)C)[C](C)(C)C. The molecule has 1 unspecified atom stereocenters.